The molecule has 2 heterocycles. The molecule has 0 saturated carbocycles. The number of halogens is 6. The van der Waals surface area contributed by atoms with Crippen LogP contribution in [0.1, 0.15) is 11.1 Å². The summed E-state index contributed by atoms with van der Waals surface area (Å²) < 4.78 is 109. The Labute approximate surface area is 197 Å². The second kappa shape index (κ2) is 9.33. The largest absolute Gasteiger partial charge is 0.462 e. The fourth-order valence-electron chi connectivity index (χ4n) is 4.00. The van der Waals surface area contributed by atoms with Gasteiger partial charge in [0.05, 0.1) is 0 Å². The summed E-state index contributed by atoms with van der Waals surface area (Å²) in [5.74, 6) is 0.132. The highest BCUT2D eigenvalue weighted by Gasteiger charge is 2.73. The molecule has 0 N–H and O–H groups in total. The minimum atomic E-state index is -5.73. The van der Waals surface area contributed by atoms with Gasteiger partial charge in [-0.05, 0) is 34.8 Å². The Balaban J connectivity index is 1.88. The minimum absolute atomic E-state index is 0.00447. The fourth-order valence-corrected chi connectivity index (χ4v) is 4.00. The van der Waals surface area contributed by atoms with E-state index < -0.39 is 47.6 Å². The van der Waals surface area contributed by atoms with Crippen LogP contribution in [0.2, 0.25) is 0 Å². The Hall–Kier alpha value is -2.82. The lowest BCUT2D eigenvalue weighted by molar-refractivity contribution is -0.289. The number of benzene rings is 1. The molecule has 0 bridgehead atoms. The standard InChI is InChI=1S/C25H22F6O4/c1-3-5-15-11-17(7-9-19(15)34-21-13-32-21)23(24(26,27)28,25(29,30)31)18-8-10-20(35-22-14-33-22)16(12-18)6-4-2/h3-5,7-12,19,21-22H,1-2,6,13-14H2/b15-5-. The molecule has 3 aliphatic rings. The highest BCUT2D eigenvalue weighted by molar-refractivity contribution is 5.55. The second-order valence-electron chi connectivity index (χ2n) is 8.12. The number of ether oxygens (including phenoxy) is 4. The van der Waals surface area contributed by atoms with Gasteiger partial charge in [0, 0.05) is 0 Å². The SMILES string of the molecule is C=C/C=C1/C=C(C(c2ccc(OC3CO3)c(CC=C)c2)(C(F)(F)F)C(F)(F)F)C=CC1OC1CO1. The van der Waals surface area contributed by atoms with E-state index in [1.165, 1.54) is 18.2 Å². The van der Waals surface area contributed by atoms with Gasteiger partial charge in [-0.2, -0.15) is 26.3 Å². The lowest BCUT2D eigenvalue weighted by atomic mass is 9.70. The zero-order chi connectivity index (χ0) is 25.4. The van der Waals surface area contributed by atoms with Crippen LogP contribution < -0.4 is 4.74 Å². The number of rotatable bonds is 9. The van der Waals surface area contributed by atoms with E-state index in [0.29, 0.717) is 6.61 Å². The third-order valence-corrected chi connectivity index (χ3v) is 5.72. The first-order valence-electron chi connectivity index (χ1n) is 10.7. The Kier molecular flexibility index (Phi) is 6.74. The Morgan fingerprint density at radius 3 is 2.20 bits per heavy atom. The molecule has 188 valence electrons. The van der Waals surface area contributed by atoms with Crippen LogP contribution in [0.15, 0.2) is 79.0 Å². The molecule has 0 spiro atoms. The van der Waals surface area contributed by atoms with E-state index in [0.717, 1.165) is 36.4 Å². The molecule has 3 atom stereocenters. The Bertz CT molecular complexity index is 1060. The smallest absolute Gasteiger partial charge is 0.411 e. The summed E-state index contributed by atoms with van der Waals surface area (Å²) in [5, 5.41) is 0. The van der Waals surface area contributed by atoms with E-state index in [1.807, 2.05) is 0 Å². The van der Waals surface area contributed by atoms with E-state index in [4.69, 9.17) is 18.9 Å². The van der Waals surface area contributed by atoms with Crippen molar-refractivity contribution >= 4 is 0 Å². The molecular weight excluding hydrogens is 478 g/mol. The Morgan fingerprint density at radius 1 is 1.00 bits per heavy atom. The van der Waals surface area contributed by atoms with E-state index in [-0.39, 0.29) is 29.9 Å². The van der Waals surface area contributed by atoms with E-state index in [2.05, 4.69) is 13.2 Å². The predicted octanol–water partition coefficient (Wildman–Crippen LogP) is 5.86. The Morgan fingerprint density at radius 2 is 1.66 bits per heavy atom. The molecule has 3 unspecified atom stereocenters. The van der Waals surface area contributed by atoms with Crippen molar-refractivity contribution in [2.24, 2.45) is 0 Å². The molecule has 4 rings (SSSR count). The van der Waals surface area contributed by atoms with Crippen molar-refractivity contribution in [2.75, 3.05) is 13.2 Å². The first-order valence-corrected chi connectivity index (χ1v) is 10.7. The van der Waals surface area contributed by atoms with Gasteiger partial charge >= 0.3 is 12.4 Å². The van der Waals surface area contributed by atoms with E-state index in [1.54, 1.807) is 0 Å². The van der Waals surface area contributed by atoms with E-state index in [9.17, 15) is 26.3 Å². The molecule has 2 aliphatic heterocycles. The van der Waals surface area contributed by atoms with Crippen LogP contribution in [0.25, 0.3) is 0 Å². The van der Waals surface area contributed by atoms with Crippen LogP contribution in [0, 0.1) is 0 Å². The van der Waals surface area contributed by atoms with Crippen molar-refractivity contribution in [3.05, 3.63) is 90.1 Å². The topological polar surface area (TPSA) is 43.5 Å². The van der Waals surface area contributed by atoms with Crippen molar-refractivity contribution < 1.29 is 45.3 Å². The monoisotopic (exact) mass is 500 g/mol. The van der Waals surface area contributed by atoms with Gasteiger partial charge in [-0.3, -0.25) is 0 Å². The minimum Gasteiger partial charge on any atom is -0.462 e. The summed E-state index contributed by atoms with van der Waals surface area (Å²) in [6.45, 7) is 7.63. The van der Waals surface area contributed by atoms with Gasteiger partial charge in [0.25, 0.3) is 0 Å². The van der Waals surface area contributed by atoms with Crippen molar-refractivity contribution in [3.8, 4) is 5.75 Å². The fraction of sp³-hybridized carbons (Fsp3) is 0.360. The van der Waals surface area contributed by atoms with E-state index >= 15 is 0 Å². The second-order valence-corrected chi connectivity index (χ2v) is 8.12. The van der Waals surface area contributed by atoms with Crippen molar-refractivity contribution in [1.29, 1.82) is 0 Å². The molecular formula is C25H22F6O4. The maximum absolute atomic E-state index is 14.7. The predicted molar refractivity (Wildman–Crippen MR) is 115 cm³/mol. The number of epoxide rings is 2. The molecule has 0 radical (unpaired) electrons. The van der Waals surface area contributed by atoms with Crippen LogP contribution in [0.3, 0.4) is 0 Å². The molecule has 0 aromatic heterocycles. The number of hydrogen-bond donors (Lipinski definition) is 0. The summed E-state index contributed by atoms with van der Waals surface area (Å²) in [4.78, 5) is 0. The molecule has 35 heavy (non-hydrogen) atoms. The molecule has 10 heteroatoms. The van der Waals surface area contributed by atoms with Crippen LogP contribution in [0.4, 0.5) is 26.3 Å². The van der Waals surface area contributed by atoms with Gasteiger partial charge in [0.15, 0.2) is 6.29 Å². The molecule has 2 saturated heterocycles. The summed E-state index contributed by atoms with van der Waals surface area (Å²) in [6.07, 6.45) is -6.73. The molecule has 1 aromatic carbocycles. The third kappa shape index (κ3) is 4.96. The summed E-state index contributed by atoms with van der Waals surface area (Å²) >= 11 is 0. The number of allylic oxidation sites excluding steroid dienone is 5. The maximum Gasteiger partial charge on any atom is 0.411 e. The number of hydrogen-bond acceptors (Lipinski definition) is 4. The van der Waals surface area contributed by atoms with Gasteiger partial charge in [-0.15, -0.1) is 6.58 Å². The lowest BCUT2D eigenvalue weighted by Crippen LogP contribution is -2.55. The molecule has 4 nitrogen and oxygen atoms in total. The quantitative estimate of drug-likeness (QED) is 0.242. The van der Waals surface area contributed by atoms with Crippen molar-refractivity contribution in [2.45, 2.75) is 42.9 Å². The van der Waals surface area contributed by atoms with Gasteiger partial charge < -0.3 is 18.9 Å². The summed E-state index contributed by atoms with van der Waals surface area (Å²) in [7, 11) is 0. The third-order valence-electron chi connectivity index (χ3n) is 5.72. The summed E-state index contributed by atoms with van der Waals surface area (Å²) in [6, 6.07) is 2.76. The van der Waals surface area contributed by atoms with Crippen LogP contribution in [-0.4, -0.2) is 44.3 Å². The van der Waals surface area contributed by atoms with Gasteiger partial charge in [0.1, 0.15) is 25.1 Å². The van der Waals surface area contributed by atoms with Crippen LogP contribution >= 0.6 is 0 Å². The van der Waals surface area contributed by atoms with Crippen LogP contribution in [0.5, 0.6) is 5.75 Å². The average molecular weight is 500 g/mol. The highest BCUT2D eigenvalue weighted by atomic mass is 19.4. The number of alkyl halides is 6. The van der Waals surface area contributed by atoms with Crippen LogP contribution in [-0.2, 0) is 26.0 Å². The molecule has 1 aromatic rings. The average Bonchev–Trinajstić information content (AvgIpc) is 3.67. The van der Waals surface area contributed by atoms with Gasteiger partial charge in [-0.1, -0.05) is 55.2 Å². The van der Waals surface area contributed by atoms with Gasteiger partial charge in [-0.25, -0.2) is 0 Å². The van der Waals surface area contributed by atoms with Crippen molar-refractivity contribution in [1.82, 2.24) is 0 Å². The first-order chi connectivity index (χ1) is 16.5. The zero-order valence-corrected chi connectivity index (χ0v) is 18.4. The summed E-state index contributed by atoms with van der Waals surface area (Å²) in [5.41, 5.74) is -6.09. The molecule has 0 amide bonds. The molecule has 2 fully saturated rings. The highest BCUT2D eigenvalue weighted by Crippen LogP contribution is 2.58. The first kappa shape index (κ1) is 25.3. The van der Waals surface area contributed by atoms with Crippen molar-refractivity contribution in [3.63, 3.8) is 0 Å². The molecule has 1 aliphatic carbocycles. The maximum atomic E-state index is 14.7. The van der Waals surface area contributed by atoms with Gasteiger partial charge in [0.2, 0.25) is 11.7 Å². The zero-order valence-electron chi connectivity index (χ0n) is 18.4. The normalized spacial score (nSPS) is 25.3. The lowest BCUT2D eigenvalue weighted by Gasteiger charge is -2.40.